The van der Waals surface area contributed by atoms with Crippen molar-refractivity contribution in [2.45, 2.75) is 31.0 Å². The Morgan fingerprint density at radius 1 is 1.14 bits per heavy atom. The van der Waals surface area contributed by atoms with Crippen molar-refractivity contribution in [1.29, 1.82) is 0 Å². The molecule has 2 saturated heterocycles. The van der Waals surface area contributed by atoms with E-state index in [1.807, 2.05) is 54.3 Å². The van der Waals surface area contributed by atoms with E-state index in [0.717, 1.165) is 42.8 Å². The third-order valence-corrected chi connectivity index (χ3v) is 6.12. The van der Waals surface area contributed by atoms with Crippen molar-refractivity contribution in [3.63, 3.8) is 0 Å². The molecular formula is C21H25N5O2. The number of fused-ring (bicyclic) bond motifs is 3. The predicted octanol–water partition coefficient (Wildman–Crippen LogP) is 1.96. The molecule has 3 atom stereocenters. The monoisotopic (exact) mass is 379 g/mol. The number of hydrogen-bond donors (Lipinski definition) is 1. The molecule has 2 aliphatic rings. The van der Waals surface area contributed by atoms with E-state index in [1.165, 1.54) is 0 Å². The zero-order valence-electron chi connectivity index (χ0n) is 16.2. The smallest absolute Gasteiger partial charge is 0.253 e. The van der Waals surface area contributed by atoms with Crippen LogP contribution in [0.15, 0.2) is 42.7 Å². The minimum Gasteiger partial charge on any atom is -0.378 e. The molecule has 0 spiro atoms. The molecule has 1 unspecified atom stereocenters. The fourth-order valence-corrected chi connectivity index (χ4v) is 4.56. The number of carbonyl (C=O) groups is 1. The third-order valence-electron chi connectivity index (χ3n) is 6.12. The fourth-order valence-electron chi connectivity index (χ4n) is 4.56. The largest absolute Gasteiger partial charge is 0.378 e. The number of amides is 1. The first kappa shape index (κ1) is 17.5. The van der Waals surface area contributed by atoms with Gasteiger partial charge in [-0.2, -0.15) is 5.10 Å². The number of ether oxygens (including phenoxy) is 1. The number of nitrogens with zero attached hydrogens (tertiary/aromatic N) is 4. The average molecular weight is 379 g/mol. The normalized spacial score (nSPS) is 25.1. The van der Waals surface area contributed by atoms with Crippen molar-refractivity contribution in [3.8, 4) is 5.82 Å². The van der Waals surface area contributed by atoms with Gasteiger partial charge >= 0.3 is 0 Å². The number of para-hydroxylation sites is 1. The molecule has 0 saturated carbocycles. The van der Waals surface area contributed by atoms with Crippen molar-refractivity contribution in [2.75, 3.05) is 20.3 Å². The van der Waals surface area contributed by atoms with Gasteiger partial charge in [0.25, 0.3) is 5.91 Å². The number of morpholine rings is 1. The van der Waals surface area contributed by atoms with E-state index in [4.69, 9.17) is 4.74 Å². The van der Waals surface area contributed by atoms with Crippen molar-refractivity contribution in [3.05, 3.63) is 48.3 Å². The van der Waals surface area contributed by atoms with Gasteiger partial charge in [0.15, 0.2) is 5.82 Å². The van der Waals surface area contributed by atoms with E-state index in [9.17, 15) is 4.79 Å². The van der Waals surface area contributed by atoms with E-state index >= 15 is 0 Å². The molecule has 0 radical (unpaired) electrons. The van der Waals surface area contributed by atoms with Crippen LogP contribution in [0.5, 0.6) is 0 Å². The second kappa shape index (κ2) is 6.76. The van der Waals surface area contributed by atoms with Crippen molar-refractivity contribution >= 4 is 16.8 Å². The highest BCUT2D eigenvalue weighted by Crippen LogP contribution is 2.28. The molecule has 3 aromatic rings. The highest BCUT2D eigenvalue weighted by molar-refractivity contribution is 6.07. The van der Waals surface area contributed by atoms with Crippen LogP contribution in [0.2, 0.25) is 0 Å². The van der Waals surface area contributed by atoms with Crippen LogP contribution in [0, 0.1) is 0 Å². The van der Waals surface area contributed by atoms with E-state index < -0.39 is 0 Å². The first-order valence-corrected chi connectivity index (χ1v) is 9.81. The molecule has 4 heterocycles. The van der Waals surface area contributed by atoms with E-state index in [0.29, 0.717) is 17.6 Å². The maximum atomic E-state index is 13.2. The lowest BCUT2D eigenvalue weighted by Crippen LogP contribution is -2.59. The highest BCUT2D eigenvalue weighted by Gasteiger charge is 2.37. The van der Waals surface area contributed by atoms with E-state index in [2.05, 4.69) is 22.4 Å². The van der Waals surface area contributed by atoms with Gasteiger partial charge in [-0.15, -0.1) is 0 Å². The minimum absolute atomic E-state index is 0.0144. The second-order valence-electron chi connectivity index (χ2n) is 7.93. The molecule has 2 fully saturated rings. The van der Waals surface area contributed by atoms with Crippen LogP contribution in [0.1, 0.15) is 23.2 Å². The number of nitrogens with one attached hydrogen (secondary N) is 1. The van der Waals surface area contributed by atoms with Gasteiger partial charge < -0.3 is 10.1 Å². The van der Waals surface area contributed by atoms with Crippen LogP contribution >= 0.6 is 0 Å². The Labute approximate surface area is 163 Å². The Hall–Kier alpha value is -2.64. The molecular weight excluding hydrogens is 354 g/mol. The molecule has 146 valence electrons. The van der Waals surface area contributed by atoms with Crippen LogP contribution in [-0.2, 0) is 11.8 Å². The summed E-state index contributed by atoms with van der Waals surface area (Å²) in [6.07, 6.45) is 5.67. The average Bonchev–Trinajstić information content (AvgIpc) is 3.26. The van der Waals surface area contributed by atoms with E-state index in [-0.39, 0.29) is 11.9 Å². The summed E-state index contributed by atoms with van der Waals surface area (Å²) >= 11 is 0. The lowest BCUT2D eigenvalue weighted by molar-refractivity contribution is -0.0670. The Bertz CT molecular complexity index is 1010. The Balaban J connectivity index is 1.44. The number of rotatable bonds is 3. The molecule has 0 aliphatic carbocycles. The first-order chi connectivity index (χ1) is 13.6. The topological polar surface area (TPSA) is 64.3 Å². The van der Waals surface area contributed by atoms with Gasteiger partial charge in [0.1, 0.15) is 0 Å². The number of likely N-dealkylation sites (N-methyl/N-ethyl adjacent to an activating group) is 1. The van der Waals surface area contributed by atoms with Crippen LogP contribution in [0.4, 0.5) is 0 Å². The number of hydrogen-bond acceptors (Lipinski definition) is 4. The summed E-state index contributed by atoms with van der Waals surface area (Å²) in [5, 5.41) is 8.73. The molecule has 2 aliphatic heterocycles. The van der Waals surface area contributed by atoms with Crippen molar-refractivity contribution in [2.24, 2.45) is 7.05 Å². The van der Waals surface area contributed by atoms with Gasteiger partial charge in [0.2, 0.25) is 0 Å². The van der Waals surface area contributed by atoms with Crippen LogP contribution < -0.4 is 5.32 Å². The summed E-state index contributed by atoms with van der Waals surface area (Å²) in [6.45, 7) is 1.50. The fraction of sp³-hybridized carbons (Fsp3) is 0.429. The molecule has 7 heteroatoms. The molecule has 1 aromatic carbocycles. The van der Waals surface area contributed by atoms with Gasteiger partial charge in [-0.1, -0.05) is 18.2 Å². The molecule has 7 nitrogen and oxygen atoms in total. The van der Waals surface area contributed by atoms with Gasteiger partial charge in [0, 0.05) is 49.0 Å². The van der Waals surface area contributed by atoms with Crippen molar-refractivity contribution in [1.82, 2.24) is 24.6 Å². The maximum absolute atomic E-state index is 13.2. The summed E-state index contributed by atoms with van der Waals surface area (Å²) in [6, 6.07) is 10.9. The van der Waals surface area contributed by atoms with Crippen molar-refractivity contribution < 1.29 is 9.53 Å². The number of piperidine rings is 1. The van der Waals surface area contributed by atoms with Crippen LogP contribution in [-0.4, -0.2) is 63.5 Å². The summed E-state index contributed by atoms with van der Waals surface area (Å²) in [5.74, 6) is 0.795. The molecule has 28 heavy (non-hydrogen) atoms. The molecule has 2 bridgehead atoms. The summed E-state index contributed by atoms with van der Waals surface area (Å²) in [4.78, 5) is 15.6. The number of benzene rings is 1. The zero-order chi connectivity index (χ0) is 19.3. The van der Waals surface area contributed by atoms with Gasteiger partial charge in [-0.25, -0.2) is 0 Å². The van der Waals surface area contributed by atoms with Crippen LogP contribution in [0.3, 0.4) is 0 Å². The molecule has 5 rings (SSSR count). The lowest BCUT2D eigenvalue weighted by Gasteiger charge is -2.46. The minimum atomic E-state index is -0.0144. The van der Waals surface area contributed by atoms with Crippen LogP contribution in [0.25, 0.3) is 16.7 Å². The third kappa shape index (κ3) is 2.91. The Morgan fingerprint density at radius 2 is 1.89 bits per heavy atom. The van der Waals surface area contributed by atoms with Gasteiger partial charge in [-0.05, 0) is 26.0 Å². The van der Waals surface area contributed by atoms with E-state index in [1.54, 1.807) is 4.68 Å². The Morgan fingerprint density at radius 3 is 2.61 bits per heavy atom. The highest BCUT2D eigenvalue weighted by atomic mass is 16.5. The SMILES string of the molecule is CN1[C@@H]2COC[C@H]1CC(NC(=O)c1cn(-c3ccn(C)n3)c3ccccc13)C2. The Kier molecular flexibility index (Phi) is 4.21. The lowest BCUT2D eigenvalue weighted by atomic mass is 9.90. The molecule has 1 N–H and O–H groups in total. The quantitative estimate of drug-likeness (QED) is 0.756. The zero-order valence-corrected chi connectivity index (χ0v) is 16.2. The predicted molar refractivity (Wildman–Crippen MR) is 107 cm³/mol. The number of aryl methyl sites for hydroxylation is 1. The number of carbonyl (C=O) groups excluding carboxylic acids is 1. The molecule has 2 aromatic heterocycles. The second-order valence-corrected chi connectivity index (χ2v) is 7.93. The van der Waals surface area contributed by atoms with Gasteiger partial charge in [-0.3, -0.25) is 18.9 Å². The first-order valence-electron chi connectivity index (χ1n) is 9.81. The van der Waals surface area contributed by atoms with Gasteiger partial charge in [0.05, 0.1) is 24.3 Å². The summed E-state index contributed by atoms with van der Waals surface area (Å²) < 4.78 is 9.44. The standard InChI is InChI=1S/C21H25N5O2/c1-24-8-7-20(23-24)26-11-18(17-5-3-4-6-19(17)26)21(27)22-14-9-15-12-28-13-16(10-14)25(15)2/h3-8,11,14-16H,9-10,12-13H2,1-2H3,(H,22,27)/t14?,15-,16+. The summed E-state index contributed by atoms with van der Waals surface area (Å²) in [7, 11) is 4.06. The number of aromatic nitrogens is 3. The maximum Gasteiger partial charge on any atom is 0.253 e. The summed E-state index contributed by atoms with van der Waals surface area (Å²) in [5.41, 5.74) is 1.68. The molecule has 1 amide bonds.